The molecule has 16 heteroatoms. The molecule has 2 aromatic carbocycles. The van der Waals surface area contributed by atoms with E-state index in [4.69, 9.17) is 27.1 Å². The predicted molar refractivity (Wildman–Crippen MR) is 199 cm³/mol. The number of nitrogens with zero attached hydrogens (tertiary/aromatic N) is 8. The first kappa shape index (κ1) is 35.2. The van der Waals surface area contributed by atoms with E-state index < -0.39 is 23.3 Å². The van der Waals surface area contributed by atoms with Crippen LogP contribution >= 0.6 is 22.9 Å². The molecular weight excluding hydrogens is 739 g/mol. The van der Waals surface area contributed by atoms with E-state index >= 15 is 8.78 Å². The van der Waals surface area contributed by atoms with Gasteiger partial charge in [0.05, 0.1) is 32.8 Å². The van der Waals surface area contributed by atoms with Crippen molar-refractivity contribution in [2.24, 2.45) is 11.3 Å². The number of hydrogen-bond acceptors (Lipinski definition) is 10. The fourth-order valence-corrected chi connectivity index (χ4v) is 10.7. The fourth-order valence-electron chi connectivity index (χ4n) is 9.49. The molecule has 0 aliphatic carbocycles. The molecule has 280 valence electrons. The number of rotatable bonds is 5. The zero-order valence-corrected chi connectivity index (χ0v) is 31.0. The molecule has 0 bridgehead atoms. The van der Waals surface area contributed by atoms with E-state index in [-0.39, 0.29) is 72.3 Å². The first-order chi connectivity index (χ1) is 26.0. The molecule has 2 aromatic heterocycles. The molecule has 9 rings (SSSR count). The molecule has 1 spiro atoms. The maximum Gasteiger partial charge on any atom is 0.320 e. The SMILES string of the molecule is N#Cc1c(N)sc2c(F)ccc(-c3c(Cl)cc4c(N5CCCCC6(CN(C(=O)N7CC(C#N)C7)C6)C5)nc(OC[C@@]56CCCN5C[C@H](F)C6)nc4c3F)c12. The van der Waals surface area contributed by atoms with E-state index in [0.29, 0.717) is 63.4 Å². The van der Waals surface area contributed by atoms with Gasteiger partial charge in [-0.25, -0.2) is 18.0 Å². The lowest BCUT2D eigenvalue weighted by molar-refractivity contribution is 0.00577. The van der Waals surface area contributed by atoms with Gasteiger partial charge >= 0.3 is 12.0 Å². The molecule has 2 atom stereocenters. The molecular formula is C38H37ClF3N9O2S. The fraction of sp³-hybridized carbons (Fsp3) is 0.500. The normalized spacial score (nSPS) is 24.0. The molecule has 2 amide bonds. The minimum Gasteiger partial charge on any atom is -0.461 e. The number of nitrogens with two attached hydrogens (primary N) is 1. The van der Waals surface area contributed by atoms with Crippen LogP contribution in [0.5, 0.6) is 6.01 Å². The minimum absolute atomic E-state index is 0.0238. The number of thiophene rings is 1. The Morgan fingerprint density at radius 2 is 1.89 bits per heavy atom. The van der Waals surface area contributed by atoms with Crippen molar-refractivity contribution in [3.8, 4) is 29.3 Å². The number of ether oxygens (including phenoxy) is 1. The summed E-state index contributed by atoms with van der Waals surface area (Å²) in [7, 11) is 0. The number of carbonyl (C=O) groups is 1. The second kappa shape index (κ2) is 13.0. The molecule has 11 nitrogen and oxygen atoms in total. The molecule has 5 saturated heterocycles. The molecule has 0 radical (unpaired) electrons. The van der Waals surface area contributed by atoms with Gasteiger partial charge < -0.3 is 25.2 Å². The summed E-state index contributed by atoms with van der Waals surface area (Å²) in [5.74, 6) is -1.06. The number of hydrogen-bond donors (Lipinski definition) is 1. The number of nitrogen functional groups attached to an aromatic ring is 1. The lowest BCUT2D eigenvalue weighted by Gasteiger charge is -2.53. The summed E-state index contributed by atoms with van der Waals surface area (Å²) in [4.78, 5) is 30.5. The molecule has 7 heterocycles. The zero-order chi connectivity index (χ0) is 37.5. The lowest BCUT2D eigenvalue weighted by Crippen LogP contribution is -2.66. The van der Waals surface area contributed by atoms with E-state index in [9.17, 15) is 19.7 Å². The second-order valence-electron chi connectivity index (χ2n) is 15.6. The topological polar surface area (TPSA) is 139 Å². The number of nitriles is 2. The summed E-state index contributed by atoms with van der Waals surface area (Å²) < 4.78 is 53.4. The van der Waals surface area contributed by atoms with Gasteiger partial charge in [0, 0.05) is 74.0 Å². The number of carbonyl (C=O) groups excluding carboxylic acids is 1. The number of alkyl halides is 1. The third-order valence-electron chi connectivity index (χ3n) is 12.1. The summed E-state index contributed by atoms with van der Waals surface area (Å²) >= 11 is 7.86. The van der Waals surface area contributed by atoms with Crippen molar-refractivity contribution in [2.75, 3.05) is 69.6 Å². The molecule has 5 aliphatic heterocycles. The molecule has 54 heavy (non-hydrogen) atoms. The van der Waals surface area contributed by atoms with Crippen LogP contribution in [0.15, 0.2) is 18.2 Å². The highest BCUT2D eigenvalue weighted by molar-refractivity contribution is 7.23. The number of likely N-dealkylation sites (tertiary alicyclic amines) is 2. The first-order valence-corrected chi connectivity index (χ1v) is 19.5. The molecule has 0 saturated carbocycles. The highest BCUT2D eigenvalue weighted by Gasteiger charge is 2.51. The van der Waals surface area contributed by atoms with E-state index in [2.05, 4.69) is 20.9 Å². The number of halogens is 4. The largest absolute Gasteiger partial charge is 0.461 e. The molecule has 5 aliphatic rings. The zero-order valence-electron chi connectivity index (χ0n) is 29.4. The van der Waals surface area contributed by atoms with Gasteiger partial charge in [-0.15, -0.1) is 11.3 Å². The van der Waals surface area contributed by atoms with Crippen LogP contribution < -0.4 is 15.4 Å². The number of anilines is 2. The second-order valence-corrected chi connectivity index (χ2v) is 17.1. The maximum absolute atomic E-state index is 17.3. The Bertz CT molecular complexity index is 2300. The highest BCUT2D eigenvalue weighted by atomic mass is 35.5. The third-order valence-corrected chi connectivity index (χ3v) is 13.5. The standard InChI is InChI=1S/C38H37ClF3N9O2S/c39-26-10-24-31(30(42)29(26)23-4-5-27(41)32-28(23)25(13-44)33(45)54-32)46-35(53-20-38-7-3-9-51(38)16-22(40)11-38)47-34(24)48-8-2-1-6-37(17-48)18-50(19-37)36(52)49-14-21(12-43)15-49/h4-5,10,21-22H,1-3,6-9,11,14-20,45H2/t22-,38+/m1/s1. The van der Waals surface area contributed by atoms with Crippen molar-refractivity contribution in [1.29, 1.82) is 10.5 Å². The Morgan fingerprint density at radius 3 is 2.67 bits per heavy atom. The molecule has 5 fully saturated rings. The van der Waals surface area contributed by atoms with Crippen LogP contribution in [0, 0.1) is 45.6 Å². The summed E-state index contributed by atoms with van der Waals surface area (Å²) in [6.07, 6.45) is 3.73. The van der Waals surface area contributed by atoms with Crippen molar-refractivity contribution < 1.29 is 22.7 Å². The Hall–Kier alpha value is -4.57. The maximum atomic E-state index is 17.3. The van der Waals surface area contributed by atoms with Gasteiger partial charge in [0.2, 0.25) is 0 Å². The van der Waals surface area contributed by atoms with Gasteiger partial charge in [-0.2, -0.15) is 20.5 Å². The minimum atomic E-state index is -0.961. The van der Waals surface area contributed by atoms with Crippen molar-refractivity contribution in [2.45, 2.75) is 50.2 Å². The first-order valence-electron chi connectivity index (χ1n) is 18.3. The van der Waals surface area contributed by atoms with Crippen LogP contribution in [0.1, 0.15) is 44.1 Å². The number of aromatic nitrogens is 2. The van der Waals surface area contributed by atoms with Gasteiger partial charge in [-0.1, -0.05) is 24.1 Å². The summed E-state index contributed by atoms with van der Waals surface area (Å²) in [5.41, 5.74) is 5.53. The van der Waals surface area contributed by atoms with Crippen molar-refractivity contribution in [1.82, 2.24) is 24.7 Å². The van der Waals surface area contributed by atoms with Crippen LogP contribution in [-0.2, 0) is 0 Å². The summed E-state index contributed by atoms with van der Waals surface area (Å²) in [6.45, 7) is 4.41. The summed E-state index contributed by atoms with van der Waals surface area (Å²) in [6, 6.07) is 8.35. The van der Waals surface area contributed by atoms with Crippen LogP contribution in [0.4, 0.5) is 28.8 Å². The third kappa shape index (κ3) is 5.57. The lowest BCUT2D eigenvalue weighted by atomic mass is 9.76. The van der Waals surface area contributed by atoms with Gasteiger partial charge in [-0.05, 0) is 49.9 Å². The number of benzene rings is 2. The molecule has 4 aromatic rings. The van der Waals surface area contributed by atoms with Crippen LogP contribution in [-0.4, -0.2) is 101 Å². The van der Waals surface area contributed by atoms with Crippen molar-refractivity contribution in [3.05, 3.63) is 40.4 Å². The van der Waals surface area contributed by atoms with Gasteiger partial charge in [0.25, 0.3) is 0 Å². The van der Waals surface area contributed by atoms with Crippen molar-refractivity contribution in [3.63, 3.8) is 0 Å². The number of amides is 2. The van der Waals surface area contributed by atoms with E-state index in [1.54, 1.807) is 11.0 Å². The molecule has 0 unspecified atom stereocenters. The summed E-state index contributed by atoms with van der Waals surface area (Å²) in [5, 5.41) is 19.8. The van der Waals surface area contributed by atoms with E-state index in [0.717, 1.165) is 50.0 Å². The monoisotopic (exact) mass is 775 g/mol. The van der Waals surface area contributed by atoms with Gasteiger partial charge in [0.1, 0.15) is 41.0 Å². The quantitative estimate of drug-likeness (QED) is 0.234. The van der Waals surface area contributed by atoms with Crippen LogP contribution in [0.2, 0.25) is 5.02 Å². The van der Waals surface area contributed by atoms with Crippen LogP contribution in [0.25, 0.3) is 32.1 Å². The molecule has 2 N–H and O–H groups in total. The number of fused-ring (bicyclic) bond motifs is 3. The smallest absolute Gasteiger partial charge is 0.320 e. The number of urea groups is 1. The van der Waals surface area contributed by atoms with Crippen molar-refractivity contribution >= 4 is 60.8 Å². The van der Waals surface area contributed by atoms with Crippen LogP contribution in [0.3, 0.4) is 0 Å². The average molecular weight is 776 g/mol. The Labute approximate surface area is 318 Å². The Morgan fingerprint density at radius 1 is 1.07 bits per heavy atom. The van der Waals surface area contributed by atoms with E-state index in [1.807, 2.05) is 11.0 Å². The average Bonchev–Trinajstić information content (AvgIpc) is 3.69. The van der Waals surface area contributed by atoms with Gasteiger partial charge in [-0.3, -0.25) is 4.90 Å². The highest BCUT2D eigenvalue weighted by Crippen LogP contribution is 2.47. The van der Waals surface area contributed by atoms with E-state index in [1.165, 1.54) is 12.1 Å². The Balaban J connectivity index is 1.12. The Kier molecular flexibility index (Phi) is 8.48. The predicted octanol–water partition coefficient (Wildman–Crippen LogP) is 6.72. The van der Waals surface area contributed by atoms with Gasteiger partial charge in [0.15, 0.2) is 5.82 Å².